The van der Waals surface area contributed by atoms with Gasteiger partial charge in [0.25, 0.3) is 0 Å². The Morgan fingerprint density at radius 2 is 0.745 bits per heavy atom. The molecule has 9 nitrogen and oxygen atoms in total. The summed E-state index contributed by atoms with van der Waals surface area (Å²) in [7, 11) is 0. The van der Waals surface area contributed by atoms with Crippen LogP contribution in [0.25, 0.3) is 0 Å². The van der Waals surface area contributed by atoms with Crippen molar-refractivity contribution in [3.63, 3.8) is 0 Å². The number of ether oxygens (including phenoxy) is 4. The summed E-state index contributed by atoms with van der Waals surface area (Å²) in [5.74, 6) is -1.16. The SMILES string of the molecule is O=C1OC(=O)c2cc(Oc3ccc(C4(c5ccc(Oc6ccc7c(c6)C(=O)OC7=O)cc5)c5ccccc5C(=O)c5ccccc54)cc3)ccc21. The zero-order chi connectivity index (χ0) is 34.9. The minimum atomic E-state index is -0.937. The van der Waals surface area contributed by atoms with E-state index in [-0.39, 0.29) is 28.0 Å². The van der Waals surface area contributed by atoms with Crippen molar-refractivity contribution in [2.75, 3.05) is 0 Å². The quantitative estimate of drug-likeness (QED) is 0.129. The second-order valence-corrected chi connectivity index (χ2v) is 12.2. The first kappa shape index (κ1) is 30.0. The number of carbonyl (C=O) groups excluding carboxylic acids is 5. The normalized spacial score (nSPS) is 14.9. The second-order valence-electron chi connectivity index (χ2n) is 12.2. The number of cyclic esters (lactones) is 4. The van der Waals surface area contributed by atoms with E-state index in [9.17, 15) is 24.0 Å². The van der Waals surface area contributed by atoms with E-state index in [1.165, 1.54) is 24.3 Å². The van der Waals surface area contributed by atoms with Crippen LogP contribution < -0.4 is 9.47 Å². The van der Waals surface area contributed by atoms with Gasteiger partial charge in [0.15, 0.2) is 5.78 Å². The predicted molar refractivity (Wildman–Crippen MR) is 181 cm³/mol. The van der Waals surface area contributed by atoms with E-state index in [2.05, 4.69) is 0 Å². The average Bonchev–Trinajstić information content (AvgIpc) is 3.60. The Kier molecular flexibility index (Phi) is 6.59. The Bertz CT molecular complexity index is 2340. The van der Waals surface area contributed by atoms with Crippen molar-refractivity contribution in [2.45, 2.75) is 5.41 Å². The van der Waals surface area contributed by atoms with Gasteiger partial charge in [0.1, 0.15) is 23.0 Å². The standard InChI is InChI=1S/C42H22O9/c43-37-31-5-1-3-7-35(31)42(36-8-4-2-6-32(36)37,23-9-13-25(14-10-23)48-27-17-19-29-33(21-27)40(46)50-38(29)44)24-11-15-26(16-12-24)49-28-18-20-30-34(22-28)41(47)51-39(30)45/h1-22H. The van der Waals surface area contributed by atoms with E-state index in [1.807, 2.05) is 97.1 Å². The molecule has 0 spiro atoms. The summed E-state index contributed by atoms with van der Waals surface area (Å²) in [5, 5.41) is 0. The smallest absolute Gasteiger partial charge is 0.347 e. The molecular formula is C42H22O9. The molecule has 0 aromatic heterocycles. The first-order valence-electron chi connectivity index (χ1n) is 15.9. The van der Waals surface area contributed by atoms with Crippen LogP contribution in [0.1, 0.15) is 79.6 Å². The molecule has 0 fully saturated rings. The molecule has 0 bridgehead atoms. The zero-order valence-corrected chi connectivity index (χ0v) is 26.4. The average molecular weight is 671 g/mol. The molecule has 0 N–H and O–H groups in total. The van der Waals surface area contributed by atoms with Crippen LogP contribution >= 0.6 is 0 Å². The molecule has 1 aliphatic carbocycles. The highest BCUT2D eigenvalue weighted by Gasteiger charge is 2.46. The van der Waals surface area contributed by atoms with Gasteiger partial charge in [-0.1, -0.05) is 72.8 Å². The molecule has 2 aliphatic heterocycles. The summed E-state index contributed by atoms with van der Waals surface area (Å²) in [6, 6.07) is 39.3. The van der Waals surface area contributed by atoms with Crippen LogP contribution in [0.15, 0.2) is 133 Å². The van der Waals surface area contributed by atoms with Crippen molar-refractivity contribution in [1.82, 2.24) is 0 Å². The molecule has 51 heavy (non-hydrogen) atoms. The minimum Gasteiger partial charge on any atom is -0.457 e. The van der Waals surface area contributed by atoms with Gasteiger partial charge in [-0.15, -0.1) is 0 Å². The summed E-state index contributed by atoms with van der Waals surface area (Å²) in [4.78, 5) is 61.9. The molecule has 0 unspecified atom stereocenters. The monoisotopic (exact) mass is 670 g/mol. The Balaban J connectivity index is 1.13. The van der Waals surface area contributed by atoms with E-state index < -0.39 is 29.3 Å². The maximum absolute atomic E-state index is 13.9. The van der Waals surface area contributed by atoms with E-state index in [1.54, 1.807) is 12.1 Å². The lowest BCUT2D eigenvalue weighted by atomic mass is 9.59. The highest BCUT2D eigenvalue weighted by Crippen LogP contribution is 2.51. The highest BCUT2D eigenvalue weighted by molar-refractivity contribution is 6.16. The Labute approximate surface area is 289 Å². The van der Waals surface area contributed by atoms with Crippen LogP contribution in [-0.4, -0.2) is 29.7 Å². The van der Waals surface area contributed by atoms with Gasteiger partial charge >= 0.3 is 23.9 Å². The molecule has 3 aliphatic rings. The molecule has 9 rings (SSSR count). The number of carbonyl (C=O) groups is 5. The van der Waals surface area contributed by atoms with E-state index in [0.29, 0.717) is 34.1 Å². The van der Waals surface area contributed by atoms with Crippen LogP contribution in [0.3, 0.4) is 0 Å². The number of hydrogen-bond acceptors (Lipinski definition) is 9. The van der Waals surface area contributed by atoms with Crippen LogP contribution in [0.2, 0.25) is 0 Å². The number of rotatable bonds is 6. The number of benzene rings is 6. The molecule has 0 saturated carbocycles. The number of ketones is 1. The van der Waals surface area contributed by atoms with Gasteiger partial charge in [0.2, 0.25) is 0 Å². The molecule has 2 heterocycles. The van der Waals surface area contributed by atoms with Crippen molar-refractivity contribution in [3.8, 4) is 23.0 Å². The van der Waals surface area contributed by atoms with E-state index in [0.717, 1.165) is 22.3 Å². The summed E-state index contributed by atoms with van der Waals surface area (Å²) < 4.78 is 21.6. The van der Waals surface area contributed by atoms with E-state index in [4.69, 9.17) is 18.9 Å². The molecular weight excluding hydrogens is 648 g/mol. The third-order valence-electron chi connectivity index (χ3n) is 9.43. The van der Waals surface area contributed by atoms with Gasteiger partial charge in [0, 0.05) is 11.1 Å². The minimum absolute atomic E-state index is 0.0704. The Morgan fingerprint density at radius 1 is 0.373 bits per heavy atom. The van der Waals surface area contributed by atoms with Gasteiger partial charge < -0.3 is 18.9 Å². The fraction of sp³-hybridized carbons (Fsp3) is 0.0238. The van der Waals surface area contributed by atoms with Crippen LogP contribution in [-0.2, 0) is 14.9 Å². The first-order valence-corrected chi connectivity index (χ1v) is 15.9. The fourth-order valence-corrected chi connectivity index (χ4v) is 7.17. The predicted octanol–water partition coefficient (Wildman–Crippen LogP) is 7.82. The molecule has 9 heteroatoms. The molecule has 244 valence electrons. The van der Waals surface area contributed by atoms with Crippen molar-refractivity contribution in [3.05, 3.63) is 189 Å². The summed E-state index contributed by atoms with van der Waals surface area (Å²) in [5.41, 5.74) is 4.24. The maximum Gasteiger partial charge on any atom is 0.347 e. The number of hydrogen-bond donors (Lipinski definition) is 0. The molecule has 0 amide bonds. The van der Waals surface area contributed by atoms with Gasteiger partial charge in [-0.05, 0) is 82.9 Å². The molecule has 0 radical (unpaired) electrons. The maximum atomic E-state index is 13.9. The lowest BCUT2D eigenvalue weighted by Crippen LogP contribution is -2.38. The molecule has 6 aromatic carbocycles. The third-order valence-corrected chi connectivity index (χ3v) is 9.43. The Morgan fingerprint density at radius 3 is 1.18 bits per heavy atom. The second kappa shape index (κ2) is 11.2. The topological polar surface area (TPSA) is 122 Å². The summed E-state index contributed by atoms with van der Waals surface area (Å²) in [6.07, 6.45) is 0. The van der Waals surface area contributed by atoms with Crippen LogP contribution in [0.5, 0.6) is 23.0 Å². The Hall–Kier alpha value is -7.13. The lowest BCUT2D eigenvalue weighted by Gasteiger charge is -2.41. The van der Waals surface area contributed by atoms with Crippen LogP contribution in [0, 0.1) is 0 Å². The summed E-state index contributed by atoms with van der Waals surface area (Å²) in [6.45, 7) is 0. The largest absolute Gasteiger partial charge is 0.457 e. The van der Waals surface area contributed by atoms with Gasteiger partial charge in [0.05, 0.1) is 27.7 Å². The van der Waals surface area contributed by atoms with Gasteiger partial charge in [-0.2, -0.15) is 0 Å². The van der Waals surface area contributed by atoms with Crippen LogP contribution in [0.4, 0.5) is 0 Å². The number of fused-ring (bicyclic) bond motifs is 4. The molecule has 0 saturated heterocycles. The molecule has 0 atom stereocenters. The number of esters is 4. The van der Waals surface area contributed by atoms with E-state index >= 15 is 0 Å². The van der Waals surface area contributed by atoms with Crippen molar-refractivity contribution in [1.29, 1.82) is 0 Å². The van der Waals surface area contributed by atoms with Crippen molar-refractivity contribution in [2.24, 2.45) is 0 Å². The molecule has 6 aromatic rings. The highest BCUT2D eigenvalue weighted by atomic mass is 16.6. The van der Waals surface area contributed by atoms with Crippen molar-refractivity contribution >= 4 is 29.7 Å². The summed E-state index contributed by atoms with van der Waals surface area (Å²) >= 11 is 0. The van der Waals surface area contributed by atoms with Gasteiger partial charge in [-0.25, -0.2) is 19.2 Å². The fourth-order valence-electron chi connectivity index (χ4n) is 7.17. The first-order chi connectivity index (χ1) is 24.8. The van der Waals surface area contributed by atoms with Crippen molar-refractivity contribution < 1.29 is 42.9 Å². The lowest BCUT2D eigenvalue weighted by molar-refractivity contribution is 0.0425. The zero-order valence-electron chi connectivity index (χ0n) is 26.4. The van der Waals surface area contributed by atoms with Gasteiger partial charge in [-0.3, -0.25) is 4.79 Å². The third kappa shape index (κ3) is 4.59.